The smallest absolute Gasteiger partial charge is 0.259 e. The number of likely N-dealkylation sites (tertiary alicyclic amines) is 1. The van der Waals surface area contributed by atoms with Crippen LogP contribution in [0.4, 0.5) is 8.78 Å². The van der Waals surface area contributed by atoms with E-state index in [1.807, 2.05) is 6.92 Å². The van der Waals surface area contributed by atoms with Gasteiger partial charge in [-0.3, -0.25) is 4.79 Å². The molecule has 0 aromatic heterocycles. The molecule has 1 saturated heterocycles. The summed E-state index contributed by atoms with van der Waals surface area (Å²) in [6.45, 7) is 2.70. The van der Waals surface area contributed by atoms with Crippen molar-refractivity contribution in [1.82, 2.24) is 4.90 Å². The molecule has 114 valence electrons. The van der Waals surface area contributed by atoms with Crippen LogP contribution in [0, 0.1) is 17.0 Å². The number of thiocarbonyl (C=S) groups is 1. The zero-order valence-corrected chi connectivity index (χ0v) is 13.9. The Labute approximate surface area is 135 Å². The van der Waals surface area contributed by atoms with Crippen molar-refractivity contribution in [2.45, 2.75) is 19.8 Å². The molecule has 0 saturated carbocycles. The second-order valence-corrected chi connectivity index (χ2v) is 6.82. The van der Waals surface area contributed by atoms with Crippen LogP contribution >= 0.6 is 28.1 Å². The van der Waals surface area contributed by atoms with Gasteiger partial charge in [-0.1, -0.05) is 35.1 Å². The number of piperidine rings is 1. The predicted octanol–water partition coefficient (Wildman–Crippen LogP) is 3.26. The lowest BCUT2D eigenvalue weighted by Gasteiger charge is -2.38. The van der Waals surface area contributed by atoms with Gasteiger partial charge in [-0.15, -0.1) is 0 Å². The van der Waals surface area contributed by atoms with Crippen LogP contribution in [-0.2, 0) is 0 Å². The van der Waals surface area contributed by atoms with Crippen LogP contribution in [0.3, 0.4) is 0 Å². The molecular formula is C14H15BrF2N2OS. The molecule has 1 heterocycles. The molecule has 0 unspecified atom stereocenters. The molecule has 1 aliphatic rings. The third-order valence-corrected chi connectivity index (χ3v) is 4.92. The van der Waals surface area contributed by atoms with Gasteiger partial charge in [0.15, 0.2) is 0 Å². The lowest BCUT2D eigenvalue weighted by molar-refractivity contribution is 0.0660. The zero-order chi connectivity index (χ0) is 15.8. The highest BCUT2D eigenvalue weighted by Crippen LogP contribution is 2.32. The molecule has 0 spiro atoms. The summed E-state index contributed by atoms with van der Waals surface area (Å²) in [5.74, 6) is -2.37. The van der Waals surface area contributed by atoms with Gasteiger partial charge < -0.3 is 10.6 Å². The average Bonchev–Trinajstić information content (AvgIpc) is 2.38. The van der Waals surface area contributed by atoms with E-state index in [4.69, 9.17) is 18.0 Å². The molecule has 0 aliphatic carbocycles. The average molecular weight is 377 g/mol. The normalized spacial score (nSPS) is 17.6. The van der Waals surface area contributed by atoms with Crippen molar-refractivity contribution in [2.75, 3.05) is 13.1 Å². The lowest BCUT2D eigenvalue weighted by Crippen LogP contribution is -2.47. The molecule has 1 fully saturated rings. The SMILES string of the molecule is CC1(C(N)=S)CCN(C(=O)c2c(F)cc(Br)cc2F)CC1. The number of hydrogen-bond donors (Lipinski definition) is 1. The Morgan fingerprint density at radius 3 is 2.24 bits per heavy atom. The van der Waals surface area contributed by atoms with Crippen molar-refractivity contribution >= 4 is 39.0 Å². The molecule has 0 radical (unpaired) electrons. The van der Waals surface area contributed by atoms with Crippen molar-refractivity contribution in [3.8, 4) is 0 Å². The van der Waals surface area contributed by atoms with Gasteiger partial charge in [-0.2, -0.15) is 0 Å². The van der Waals surface area contributed by atoms with Gasteiger partial charge in [-0.25, -0.2) is 8.78 Å². The maximum absolute atomic E-state index is 13.8. The number of nitrogens with zero attached hydrogens (tertiary/aromatic N) is 1. The molecule has 2 N–H and O–H groups in total. The Morgan fingerprint density at radius 1 is 1.33 bits per heavy atom. The summed E-state index contributed by atoms with van der Waals surface area (Å²) in [5.41, 5.74) is 4.88. The Hall–Kier alpha value is -1.08. The highest BCUT2D eigenvalue weighted by Gasteiger charge is 2.35. The van der Waals surface area contributed by atoms with Gasteiger partial charge in [0.2, 0.25) is 0 Å². The van der Waals surface area contributed by atoms with E-state index >= 15 is 0 Å². The molecular weight excluding hydrogens is 362 g/mol. The predicted molar refractivity (Wildman–Crippen MR) is 84.1 cm³/mol. The minimum atomic E-state index is -0.866. The van der Waals surface area contributed by atoms with E-state index in [-0.39, 0.29) is 9.89 Å². The topological polar surface area (TPSA) is 46.3 Å². The van der Waals surface area contributed by atoms with Gasteiger partial charge in [-0.05, 0) is 25.0 Å². The number of benzene rings is 1. The number of carbonyl (C=O) groups is 1. The van der Waals surface area contributed by atoms with Crippen molar-refractivity contribution in [2.24, 2.45) is 11.1 Å². The van der Waals surface area contributed by atoms with Gasteiger partial charge in [0.25, 0.3) is 5.91 Å². The third-order valence-electron chi connectivity index (χ3n) is 3.97. The van der Waals surface area contributed by atoms with Gasteiger partial charge in [0.05, 0.1) is 4.99 Å². The number of rotatable bonds is 2. The highest BCUT2D eigenvalue weighted by atomic mass is 79.9. The third kappa shape index (κ3) is 3.23. The van der Waals surface area contributed by atoms with Crippen LogP contribution in [0.25, 0.3) is 0 Å². The first-order chi connectivity index (χ1) is 9.74. The summed E-state index contributed by atoms with van der Waals surface area (Å²) in [6, 6.07) is 2.17. The van der Waals surface area contributed by atoms with E-state index in [1.165, 1.54) is 4.90 Å². The summed E-state index contributed by atoms with van der Waals surface area (Å²) >= 11 is 8.02. The maximum atomic E-state index is 13.8. The van der Waals surface area contributed by atoms with Crippen LogP contribution in [0.15, 0.2) is 16.6 Å². The summed E-state index contributed by atoms with van der Waals surface area (Å²) in [4.78, 5) is 14.2. The summed E-state index contributed by atoms with van der Waals surface area (Å²) in [7, 11) is 0. The van der Waals surface area contributed by atoms with Crippen molar-refractivity contribution < 1.29 is 13.6 Å². The zero-order valence-electron chi connectivity index (χ0n) is 11.5. The van der Waals surface area contributed by atoms with Crippen LogP contribution < -0.4 is 5.73 Å². The first kappa shape index (κ1) is 16.3. The molecule has 3 nitrogen and oxygen atoms in total. The van der Waals surface area contributed by atoms with Crippen LogP contribution in [-0.4, -0.2) is 28.9 Å². The number of amides is 1. The largest absolute Gasteiger partial charge is 0.393 e. The summed E-state index contributed by atoms with van der Waals surface area (Å²) in [6.07, 6.45) is 1.18. The second-order valence-electron chi connectivity index (χ2n) is 5.46. The van der Waals surface area contributed by atoms with Crippen molar-refractivity contribution in [1.29, 1.82) is 0 Å². The van der Waals surface area contributed by atoms with Crippen molar-refractivity contribution in [3.63, 3.8) is 0 Å². The van der Waals surface area contributed by atoms with Gasteiger partial charge >= 0.3 is 0 Å². The monoisotopic (exact) mass is 376 g/mol. The molecule has 1 aliphatic heterocycles. The standard InChI is InChI=1S/C14H15BrF2N2OS/c1-14(13(18)21)2-4-19(5-3-14)12(20)11-9(16)6-8(15)7-10(11)17/h6-7H,2-5H2,1H3,(H2,18,21). The molecule has 21 heavy (non-hydrogen) atoms. The van der Waals surface area contributed by atoms with Crippen LogP contribution in [0.5, 0.6) is 0 Å². The van der Waals surface area contributed by atoms with Gasteiger partial charge in [0, 0.05) is 23.0 Å². The van der Waals surface area contributed by atoms with Gasteiger partial charge in [0.1, 0.15) is 17.2 Å². The first-order valence-corrected chi connectivity index (χ1v) is 7.68. The number of carbonyl (C=O) groups excluding carboxylic acids is 1. The Bertz CT molecular complexity index is 578. The van der Waals surface area contributed by atoms with E-state index in [2.05, 4.69) is 15.9 Å². The van der Waals surface area contributed by atoms with Crippen LogP contribution in [0.2, 0.25) is 0 Å². The number of nitrogens with two attached hydrogens (primary N) is 1. The quantitative estimate of drug-likeness (QED) is 0.805. The fourth-order valence-electron chi connectivity index (χ4n) is 2.35. The van der Waals surface area contributed by atoms with E-state index in [0.717, 1.165) is 12.1 Å². The lowest BCUT2D eigenvalue weighted by atomic mass is 9.80. The second kappa shape index (κ2) is 5.96. The molecule has 0 atom stereocenters. The number of halogens is 3. The molecule has 1 aromatic rings. The number of hydrogen-bond acceptors (Lipinski definition) is 2. The summed E-state index contributed by atoms with van der Waals surface area (Å²) < 4.78 is 27.9. The maximum Gasteiger partial charge on any atom is 0.259 e. The fourth-order valence-corrected chi connectivity index (χ4v) is 2.96. The van der Waals surface area contributed by atoms with E-state index < -0.39 is 23.1 Å². The highest BCUT2D eigenvalue weighted by molar-refractivity contribution is 9.10. The van der Waals surface area contributed by atoms with E-state index in [0.29, 0.717) is 30.9 Å². The Kier molecular flexibility index (Phi) is 4.63. The van der Waals surface area contributed by atoms with E-state index in [9.17, 15) is 13.6 Å². The first-order valence-electron chi connectivity index (χ1n) is 6.48. The molecule has 0 bridgehead atoms. The summed E-state index contributed by atoms with van der Waals surface area (Å²) in [5, 5.41) is 0. The molecule has 1 amide bonds. The van der Waals surface area contributed by atoms with Crippen LogP contribution in [0.1, 0.15) is 30.1 Å². The molecule has 1 aromatic carbocycles. The molecule has 7 heteroatoms. The fraction of sp³-hybridized carbons (Fsp3) is 0.429. The minimum Gasteiger partial charge on any atom is -0.393 e. The Balaban J connectivity index is 2.18. The van der Waals surface area contributed by atoms with E-state index in [1.54, 1.807) is 0 Å². The minimum absolute atomic E-state index is 0.258. The van der Waals surface area contributed by atoms with Crippen molar-refractivity contribution in [3.05, 3.63) is 33.8 Å². The molecule has 2 rings (SSSR count). The Morgan fingerprint density at radius 2 is 1.81 bits per heavy atom.